The maximum absolute atomic E-state index is 13.2. The summed E-state index contributed by atoms with van der Waals surface area (Å²) in [5.41, 5.74) is 6.25. The average Bonchev–Trinajstić information content (AvgIpc) is 1.58. The second kappa shape index (κ2) is 50.2. The molecule has 15 aromatic heterocycles. The molecule has 15 aromatic rings. The van der Waals surface area contributed by atoms with E-state index in [2.05, 4.69) is 81.0 Å². The first-order chi connectivity index (χ1) is 68.1. The van der Waals surface area contributed by atoms with Crippen LogP contribution in [0.4, 0.5) is 23.3 Å². The van der Waals surface area contributed by atoms with Crippen LogP contribution in [0.25, 0.3) is 86.9 Å². The third-order valence-corrected chi connectivity index (χ3v) is 28.7. The van der Waals surface area contributed by atoms with Gasteiger partial charge in [0.05, 0.1) is 100 Å². The SMILES string of the molecule is COCCCCNC(=O)c1csc2nc(-c3ccccn3)nc(N(CCOC)CCOC)c12.COCCN(CCOC)c1nc(-c2ccccn2)nc2scc(C(=O)NCCc3cnc(=O)[nH]c3)c12.COc1ccc(CCNC(=O)c2csc3nc(-c4ccccn4)nc(N4CCS(=O)(=O)CC4)c23)cn1.O=C(NCCc1cnc(=O)[nH]c1)c1csc2nc(-c3ccccn3)nc(N3CCS(=O)(=O)CC3)c12. The van der Waals surface area contributed by atoms with Gasteiger partial charge in [-0.05, 0) is 97.3 Å². The van der Waals surface area contributed by atoms with Gasteiger partial charge in [-0.25, -0.2) is 81.2 Å². The van der Waals surface area contributed by atoms with Gasteiger partial charge in [-0.2, -0.15) is 0 Å². The smallest absolute Gasteiger partial charge is 0.344 e. The Morgan fingerprint density at radius 2 is 0.707 bits per heavy atom. The number of H-pyrrole nitrogens is 2. The second-order valence-corrected chi connectivity index (χ2v) is 39.5. The number of hydrogen-bond donors (Lipinski definition) is 6. The van der Waals surface area contributed by atoms with E-state index in [-0.39, 0.29) is 59.7 Å². The van der Waals surface area contributed by atoms with Crippen LogP contribution in [0.2, 0.25) is 0 Å². The van der Waals surface area contributed by atoms with Crippen molar-refractivity contribution in [2.24, 2.45) is 0 Å². The highest BCUT2D eigenvalue weighted by Crippen LogP contribution is 2.40. The lowest BCUT2D eigenvalue weighted by molar-refractivity contribution is 0.0946. The van der Waals surface area contributed by atoms with Gasteiger partial charge in [0.1, 0.15) is 65.4 Å². The van der Waals surface area contributed by atoms with E-state index in [0.717, 1.165) is 39.7 Å². The summed E-state index contributed by atoms with van der Waals surface area (Å²) in [5.74, 6) is 4.04. The number of pyridine rings is 5. The number of aromatic amines is 2. The average molecular weight is 2020 g/mol. The van der Waals surface area contributed by atoms with Crippen LogP contribution >= 0.6 is 45.3 Å². The Bertz CT molecular complexity index is 6990. The van der Waals surface area contributed by atoms with Crippen LogP contribution < -0.4 is 57.0 Å². The number of ether oxygens (including phenoxy) is 6. The molecule has 0 aliphatic carbocycles. The molecule has 2 aliphatic heterocycles. The zero-order chi connectivity index (χ0) is 98.3. The van der Waals surface area contributed by atoms with Crippen LogP contribution in [0.3, 0.4) is 0 Å². The molecule has 0 spiro atoms. The van der Waals surface area contributed by atoms with Gasteiger partial charge in [0, 0.05) is 204 Å². The number of methoxy groups -OCH3 is 6. The highest BCUT2D eigenvalue weighted by atomic mass is 32.2. The minimum Gasteiger partial charge on any atom is -0.481 e. The summed E-state index contributed by atoms with van der Waals surface area (Å²) in [6.07, 6.45) is 18.0. The number of hydrogen-bond acceptors (Lipinski definition) is 39. The molecule has 17 heterocycles. The molecule has 0 bridgehead atoms. The molecule has 0 aromatic carbocycles. The largest absolute Gasteiger partial charge is 0.481 e. The zero-order valence-corrected chi connectivity index (χ0v) is 82.4. The van der Waals surface area contributed by atoms with Crippen molar-refractivity contribution >= 4 is 153 Å². The molecule has 17 rings (SSSR count). The number of aromatic nitrogens is 17. The number of carbonyl (C=O) groups excluding carboxylic acids is 4. The van der Waals surface area contributed by atoms with Gasteiger partial charge in [0.25, 0.3) is 23.6 Å². The molecule has 0 radical (unpaired) electrons. The standard InChI is InChI=1S/C24H27N7O4S.C24H24N6O4S2.C23H31N5O4S.C22H21N7O4S2/c1-34-11-9-31(10-12-35-2)21-19-17(22(32)26-8-6-16-13-27-24(33)28-14-16)15-36-23(19)30-20(29-21)18-5-3-4-7-25-18;1-34-19-6-5-16(14-27-19)7-9-26-23(31)17-15-35-24-20(17)22(30-10-12-36(32,33)13-11-30)28-21(29-24)18-4-2-3-8-25-18;1-30-13-7-6-10-25-22(29)17-16-33-23-19(17)21(28(11-14-31-2)12-15-32-3)26-20(27-23)18-8-4-5-9-24-18;30-20(24-6-4-14-11-25-22(31)26-12-14)15-13-34-21-17(15)19(29-7-9-35(32,33)10-8-29)27-18(28-21)16-3-1-2-5-23-16/h3-5,7,13-15H,6,8-12H2,1-2H3,(H,26,32)(H,27,28,33);2-6,8,14-15H,7,9-13H2,1H3,(H,26,31);4-5,8-9,16H,6-7,10-15H2,1-3H3,(H,25,29);1-3,5,11-13H,4,6-10H2,(H,24,30)(H,25,26,31). The van der Waals surface area contributed by atoms with Gasteiger partial charge in [-0.15, -0.1) is 45.3 Å². The summed E-state index contributed by atoms with van der Waals surface area (Å²) in [6, 6.07) is 25.8. The van der Waals surface area contributed by atoms with Crippen LogP contribution in [0.5, 0.6) is 5.88 Å². The Morgan fingerprint density at radius 3 is 1.02 bits per heavy atom. The van der Waals surface area contributed by atoms with E-state index in [0.29, 0.717) is 246 Å². The van der Waals surface area contributed by atoms with Crippen molar-refractivity contribution in [1.82, 2.24) is 106 Å². The number of carbonyl (C=O) groups is 4. The number of thiophene rings is 4. The summed E-state index contributed by atoms with van der Waals surface area (Å²) in [7, 11) is 3.68. The molecule has 2 fully saturated rings. The minimum absolute atomic E-state index is 0.0241. The van der Waals surface area contributed by atoms with Crippen molar-refractivity contribution in [2.75, 3.05) is 197 Å². The highest BCUT2D eigenvalue weighted by Gasteiger charge is 2.32. The van der Waals surface area contributed by atoms with Crippen molar-refractivity contribution < 1.29 is 64.4 Å². The van der Waals surface area contributed by atoms with Crippen LogP contribution in [0.15, 0.2) is 172 Å². The maximum atomic E-state index is 13.2. The van der Waals surface area contributed by atoms with Crippen molar-refractivity contribution in [1.29, 1.82) is 0 Å². The summed E-state index contributed by atoms with van der Waals surface area (Å²) in [6.45, 7) is 7.88. The fraction of sp³-hybridized carbons (Fsp3) is 0.344. The van der Waals surface area contributed by atoms with E-state index in [1.54, 1.807) is 120 Å². The lowest BCUT2D eigenvalue weighted by Crippen LogP contribution is -2.41. The van der Waals surface area contributed by atoms with Gasteiger partial charge in [0.15, 0.2) is 43.0 Å². The summed E-state index contributed by atoms with van der Waals surface area (Å²) < 4.78 is 79.5. The number of unbranched alkanes of at least 4 members (excludes halogenated alkanes) is 1. The van der Waals surface area contributed by atoms with Crippen LogP contribution in [-0.4, -0.2) is 302 Å². The van der Waals surface area contributed by atoms with E-state index < -0.39 is 31.1 Å². The molecular weight excluding hydrogens is 1920 g/mol. The summed E-state index contributed by atoms with van der Waals surface area (Å²) >= 11 is 5.49. The molecule has 41 nitrogen and oxygen atoms in total. The Kier molecular flexibility index (Phi) is 36.6. The molecule has 0 atom stereocenters. The Labute approximate surface area is 820 Å². The lowest BCUT2D eigenvalue weighted by atomic mass is 10.1. The number of nitrogens with one attached hydrogen (secondary N) is 6. The number of sulfone groups is 2. The third kappa shape index (κ3) is 27.2. The Hall–Kier alpha value is -13.8. The Balaban J connectivity index is 0.000000149. The van der Waals surface area contributed by atoms with E-state index in [1.807, 2.05) is 86.8 Å². The summed E-state index contributed by atoms with van der Waals surface area (Å²) in [5, 5.41) is 21.6. The fourth-order valence-corrected chi connectivity index (χ4v) is 20.7. The molecule has 47 heteroatoms. The van der Waals surface area contributed by atoms with E-state index in [1.165, 1.54) is 57.7 Å². The first kappa shape index (κ1) is 102. The fourth-order valence-electron chi connectivity index (χ4n) is 14.6. The minimum atomic E-state index is -3.09. The van der Waals surface area contributed by atoms with E-state index in [9.17, 15) is 45.6 Å². The van der Waals surface area contributed by atoms with Crippen LogP contribution in [0, 0.1) is 0 Å². The molecule has 4 amide bonds. The molecule has 2 saturated heterocycles. The van der Waals surface area contributed by atoms with E-state index in [4.69, 9.17) is 58.3 Å². The molecule has 732 valence electrons. The van der Waals surface area contributed by atoms with Gasteiger partial charge >= 0.3 is 11.4 Å². The number of anilines is 4. The first-order valence-electron chi connectivity index (χ1n) is 44.5. The molecule has 0 saturated carbocycles. The predicted molar refractivity (Wildman–Crippen MR) is 538 cm³/mol. The normalized spacial score (nSPS) is 13.2. The van der Waals surface area contributed by atoms with Gasteiger partial charge in [0.2, 0.25) is 5.88 Å². The summed E-state index contributed by atoms with van der Waals surface area (Å²) in [4.78, 5) is 158. The van der Waals surface area contributed by atoms with E-state index >= 15 is 0 Å². The number of rotatable bonds is 39. The predicted octanol–water partition coefficient (Wildman–Crippen LogP) is 8.33. The van der Waals surface area contributed by atoms with Crippen molar-refractivity contribution in [3.05, 3.63) is 222 Å². The van der Waals surface area contributed by atoms with Crippen molar-refractivity contribution in [3.63, 3.8) is 0 Å². The van der Waals surface area contributed by atoms with Gasteiger partial charge < -0.3 is 79.3 Å². The second-order valence-electron chi connectivity index (χ2n) is 31.4. The molecule has 2 aliphatic rings. The molecule has 0 unspecified atom stereocenters. The quantitative estimate of drug-likeness (QED) is 0.0197. The number of fused-ring (bicyclic) bond motifs is 4. The van der Waals surface area contributed by atoms with Crippen LogP contribution in [0.1, 0.15) is 71.0 Å². The van der Waals surface area contributed by atoms with Gasteiger partial charge in [-0.3, -0.25) is 39.1 Å². The van der Waals surface area contributed by atoms with Gasteiger partial charge in [-0.1, -0.05) is 30.3 Å². The monoisotopic (exact) mass is 2020 g/mol. The number of nitrogens with zero attached hydrogens (tertiary/aromatic N) is 19. The zero-order valence-electron chi connectivity index (χ0n) is 77.5. The van der Waals surface area contributed by atoms with Crippen molar-refractivity contribution in [2.45, 2.75) is 32.1 Å². The molecular formula is C93H103N25O16S6. The topological polar surface area (TPSA) is 512 Å². The maximum Gasteiger partial charge on any atom is 0.344 e. The molecule has 6 N–H and O–H groups in total. The highest BCUT2D eigenvalue weighted by molar-refractivity contribution is 7.91. The Morgan fingerprint density at radius 1 is 0.379 bits per heavy atom. The van der Waals surface area contributed by atoms with Crippen LogP contribution in [-0.2, 0) is 62.6 Å². The first-order valence-corrected chi connectivity index (χ1v) is 51.7. The number of amides is 4. The van der Waals surface area contributed by atoms with Crippen molar-refractivity contribution in [3.8, 4) is 52.0 Å². The molecule has 140 heavy (non-hydrogen) atoms. The lowest BCUT2D eigenvalue weighted by Gasteiger charge is -2.28. The third-order valence-electron chi connectivity index (χ3n) is 22.0.